The van der Waals surface area contributed by atoms with Crippen molar-refractivity contribution >= 4 is 0 Å². The van der Waals surface area contributed by atoms with Gasteiger partial charge in [0.05, 0.1) is 19.6 Å². The average Bonchev–Trinajstić information content (AvgIpc) is 2.08. The van der Waals surface area contributed by atoms with Crippen LogP contribution in [-0.4, -0.2) is 32.0 Å². The summed E-state index contributed by atoms with van der Waals surface area (Å²) >= 11 is 0. The fourth-order valence-corrected chi connectivity index (χ4v) is 1.15. The number of rotatable bonds is 7. The summed E-state index contributed by atoms with van der Waals surface area (Å²) in [7, 11) is 0. The second-order valence-electron chi connectivity index (χ2n) is 3.85. The van der Waals surface area contributed by atoms with E-state index < -0.39 is 12.6 Å². The first-order valence-corrected chi connectivity index (χ1v) is 5.24. The fourth-order valence-electron chi connectivity index (χ4n) is 1.15. The van der Waals surface area contributed by atoms with E-state index in [9.17, 15) is 13.2 Å². The molecule has 0 saturated carbocycles. The first-order valence-electron chi connectivity index (χ1n) is 5.24. The molecule has 0 amide bonds. The Hall–Kier alpha value is -0.290. The van der Waals surface area contributed by atoms with Gasteiger partial charge < -0.3 is 10.1 Å². The van der Waals surface area contributed by atoms with Gasteiger partial charge in [-0.05, 0) is 12.5 Å². The largest absolute Gasteiger partial charge is 0.391 e. The van der Waals surface area contributed by atoms with E-state index in [-0.39, 0.29) is 12.6 Å². The lowest BCUT2D eigenvalue weighted by Gasteiger charge is -2.21. The Morgan fingerprint density at radius 3 is 2.27 bits per heavy atom. The van der Waals surface area contributed by atoms with Crippen molar-refractivity contribution in [2.75, 3.05) is 19.8 Å². The van der Waals surface area contributed by atoms with E-state index in [2.05, 4.69) is 5.32 Å². The van der Waals surface area contributed by atoms with Gasteiger partial charge in [0.25, 0.3) is 0 Å². The molecule has 0 aliphatic rings. The zero-order valence-electron chi connectivity index (χ0n) is 9.53. The second kappa shape index (κ2) is 7.06. The lowest BCUT2D eigenvalue weighted by molar-refractivity contribution is -0.145. The van der Waals surface area contributed by atoms with Crippen molar-refractivity contribution in [1.29, 1.82) is 0 Å². The van der Waals surface area contributed by atoms with Crippen LogP contribution >= 0.6 is 0 Å². The molecule has 0 aromatic carbocycles. The van der Waals surface area contributed by atoms with Crippen LogP contribution in [-0.2, 0) is 4.74 Å². The minimum absolute atomic E-state index is 0.128. The second-order valence-corrected chi connectivity index (χ2v) is 3.85. The Morgan fingerprint density at radius 2 is 1.87 bits per heavy atom. The SMILES string of the molecule is CCNC(COCCC(F)(F)F)C(C)C. The monoisotopic (exact) mass is 227 g/mol. The van der Waals surface area contributed by atoms with Crippen LogP contribution in [0.5, 0.6) is 0 Å². The predicted octanol–water partition coefficient (Wildman–Crippen LogP) is 2.59. The Balaban J connectivity index is 3.62. The van der Waals surface area contributed by atoms with Crippen LogP contribution in [0.3, 0.4) is 0 Å². The Labute approximate surface area is 89.2 Å². The standard InChI is InChI=1S/C10H20F3NO/c1-4-14-9(8(2)3)7-15-6-5-10(11,12)13/h8-9,14H,4-7H2,1-3H3. The van der Waals surface area contributed by atoms with E-state index in [1.54, 1.807) is 0 Å². The molecule has 2 nitrogen and oxygen atoms in total. The van der Waals surface area contributed by atoms with Crippen LogP contribution < -0.4 is 5.32 Å². The average molecular weight is 227 g/mol. The molecule has 1 atom stereocenters. The van der Waals surface area contributed by atoms with Gasteiger partial charge in [-0.15, -0.1) is 0 Å². The van der Waals surface area contributed by atoms with Gasteiger partial charge in [0.2, 0.25) is 0 Å². The van der Waals surface area contributed by atoms with Crippen LogP contribution in [0.2, 0.25) is 0 Å². The number of hydrogen-bond donors (Lipinski definition) is 1. The maximum atomic E-state index is 11.8. The minimum Gasteiger partial charge on any atom is -0.379 e. The molecule has 0 aliphatic heterocycles. The smallest absolute Gasteiger partial charge is 0.379 e. The van der Waals surface area contributed by atoms with Crippen molar-refractivity contribution in [1.82, 2.24) is 5.32 Å². The van der Waals surface area contributed by atoms with Gasteiger partial charge in [-0.3, -0.25) is 0 Å². The van der Waals surface area contributed by atoms with Crippen molar-refractivity contribution in [2.24, 2.45) is 5.92 Å². The molecule has 1 unspecified atom stereocenters. The van der Waals surface area contributed by atoms with Crippen LogP contribution in [0, 0.1) is 5.92 Å². The summed E-state index contributed by atoms with van der Waals surface area (Å²) in [6.07, 6.45) is -4.99. The molecule has 92 valence electrons. The number of alkyl halides is 3. The van der Waals surface area contributed by atoms with Crippen LogP contribution in [0.15, 0.2) is 0 Å². The molecule has 0 rings (SSSR count). The molecule has 0 bridgehead atoms. The van der Waals surface area contributed by atoms with Crippen LogP contribution in [0.4, 0.5) is 13.2 Å². The topological polar surface area (TPSA) is 21.3 Å². The van der Waals surface area contributed by atoms with Gasteiger partial charge in [0.15, 0.2) is 0 Å². The number of nitrogens with one attached hydrogen (secondary N) is 1. The first-order chi connectivity index (χ1) is 6.87. The maximum absolute atomic E-state index is 11.8. The van der Waals surface area contributed by atoms with Crippen molar-refractivity contribution < 1.29 is 17.9 Å². The normalized spacial score (nSPS) is 14.6. The van der Waals surface area contributed by atoms with Gasteiger partial charge in [0.1, 0.15) is 0 Å². The molecule has 1 N–H and O–H groups in total. The summed E-state index contributed by atoms with van der Waals surface area (Å²) in [5.41, 5.74) is 0. The third-order valence-electron chi connectivity index (χ3n) is 2.10. The molecule has 0 saturated heterocycles. The van der Waals surface area contributed by atoms with Gasteiger partial charge in [-0.2, -0.15) is 13.2 Å². The summed E-state index contributed by atoms with van der Waals surface area (Å²) < 4.78 is 40.4. The van der Waals surface area contributed by atoms with E-state index in [0.717, 1.165) is 6.54 Å². The zero-order valence-corrected chi connectivity index (χ0v) is 9.53. The Morgan fingerprint density at radius 1 is 1.27 bits per heavy atom. The van der Waals surface area contributed by atoms with Gasteiger partial charge >= 0.3 is 6.18 Å². The third kappa shape index (κ3) is 8.69. The van der Waals surface area contributed by atoms with E-state index in [1.807, 2.05) is 20.8 Å². The van der Waals surface area contributed by atoms with Crippen molar-refractivity contribution in [2.45, 2.75) is 39.4 Å². The third-order valence-corrected chi connectivity index (χ3v) is 2.10. The van der Waals surface area contributed by atoms with E-state index >= 15 is 0 Å². The highest BCUT2D eigenvalue weighted by atomic mass is 19.4. The highest BCUT2D eigenvalue weighted by Crippen LogP contribution is 2.19. The van der Waals surface area contributed by atoms with Crippen molar-refractivity contribution in [3.05, 3.63) is 0 Å². The fraction of sp³-hybridized carbons (Fsp3) is 1.00. The molecule has 0 spiro atoms. The lowest BCUT2D eigenvalue weighted by Crippen LogP contribution is -2.38. The molecular weight excluding hydrogens is 207 g/mol. The number of likely N-dealkylation sites (N-methyl/N-ethyl adjacent to an activating group) is 1. The summed E-state index contributed by atoms with van der Waals surface area (Å²) in [5.74, 6) is 0.357. The van der Waals surface area contributed by atoms with Crippen LogP contribution in [0.1, 0.15) is 27.2 Å². The summed E-state index contributed by atoms with van der Waals surface area (Å²) in [6.45, 7) is 6.87. The molecule has 0 fully saturated rings. The molecule has 5 heteroatoms. The molecule has 0 heterocycles. The van der Waals surface area contributed by atoms with Gasteiger partial charge in [-0.1, -0.05) is 20.8 Å². The molecule has 0 aromatic heterocycles. The molecular formula is C10H20F3NO. The van der Waals surface area contributed by atoms with E-state index in [0.29, 0.717) is 12.5 Å². The van der Waals surface area contributed by atoms with Gasteiger partial charge in [-0.25, -0.2) is 0 Å². The molecule has 0 aromatic rings. The molecule has 0 aliphatic carbocycles. The van der Waals surface area contributed by atoms with E-state index in [4.69, 9.17) is 4.74 Å². The number of halogens is 3. The molecule has 15 heavy (non-hydrogen) atoms. The maximum Gasteiger partial charge on any atom is 0.391 e. The Kier molecular flexibility index (Phi) is 6.92. The minimum atomic E-state index is -4.12. The lowest BCUT2D eigenvalue weighted by atomic mass is 10.1. The van der Waals surface area contributed by atoms with Crippen molar-refractivity contribution in [3.63, 3.8) is 0 Å². The molecule has 0 radical (unpaired) electrons. The zero-order chi connectivity index (χ0) is 11.9. The Bertz CT molecular complexity index is 159. The van der Waals surface area contributed by atoms with Crippen LogP contribution in [0.25, 0.3) is 0 Å². The van der Waals surface area contributed by atoms with Gasteiger partial charge in [0, 0.05) is 6.04 Å². The summed E-state index contributed by atoms with van der Waals surface area (Å²) in [5, 5.41) is 3.17. The number of ether oxygens (including phenoxy) is 1. The summed E-state index contributed by atoms with van der Waals surface area (Å²) in [6, 6.07) is 0.128. The highest BCUT2D eigenvalue weighted by Gasteiger charge is 2.26. The first kappa shape index (κ1) is 14.7. The highest BCUT2D eigenvalue weighted by molar-refractivity contribution is 4.68. The van der Waals surface area contributed by atoms with Crippen molar-refractivity contribution in [3.8, 4) is 0 Å². The summed E-state index contributed by atoms with van der Waals surface area (Å²) in [4.78, 5) is 0. The van der Waals surface area contributed by atoms with E-state index in [1.165, 1.54) is 0 Å². The number of hydrogen-bond acceptors (Lipinski definition) is 2. The predicted molar refractivity (Wildman–Crippen MR) is 53.8 cm³/mol. The quantitative estimate of drug-likeness (QED) is 0.675.